The van der Waals surface area contributed by atoms with Gasteiger partial charge in [0.05, 0.1) is 12.7 Å². The standard InChI is InChI=1S/C23H21ClN6O3/c1-33-23(32)16-4-8-18(9-5-16)26-22(31)13-12-21-28-27-20-11-10-19(29-30(20)21)25-14-15-2-6-17(24)7-3-15/h2-11H,12-14H2,1H3,(H,25,29)(H,26,31). The highest BCUT2D eigenvalue weighted by Crippen LogP contribution is 2.14. The summed E-state index contributed by atoms with van der Waals surface area (Å²) in [6.07, 6.45) is 0.560. The number of anilines is 2. The Morgan fingerprint density at radius 2 is 1.76 bits per heavy atom. The molecule has 0 radical (unpaired) electrons. The maximum Gasteiger partial charge on any atom is 0.337 e. The Kier molecular flexibility index (Phi) is 6.80. The van der Waals surface area contributed by atoms with Gasteiger partial charge in [-0.1, -0.05) is 23.7 Å². The number of aromatic nitrogens is 4. The highest BCUT2D eigenvalue weighted by atomic mass is 35.5. The topological polar surface area (TPSA) is 111 Å². The smallest absolute Gasteiger partial charge is 0.337 e. The molecule has 0 fully saturated rings. The summed E-state index contributed by atoms with van der Waals surface area (Å²) >= 11 is 5.92. The monoisotopic (exact) mass is 464 g/mol. The van der Waals surface area contributed by atoms with E-state index in [4.69, 9.17) is 11.6 Å². The Bertz CT molecular complexity index is 1270. The molecular formula is C23H21ClN6O3. The molecular weight excluding hydrogens is 444 g/mol. The molecule has 2 heterocycles. The molecule has 2 aromatic carbocycles. The van der Waals surface area contributed by atoms with Crippen LogP contribution in [0.4, 0.5) is 11.5 Å². The number of carbonyl (C=O) groups excluding carboxylic acids is 2. The second-order valence-corrected chi connectivity index (χ2v) is 7.64. The first-order chi connectivity index (χ1) is 16.0. The van der Waals surface area contributed by atoms with Crippen molar-refractivity contribution < 1.29 is 14.3 Å². The summed E-state index contributed by atoms with van der Waals surface area (Å²) < 4.78 is 6.29. The number of hydrogen-bond donors (Lipinski definition) is 2. The first-order valence-electron chi connectivity index (χ1n) is 10.2. The van der Waals surface area contributed by atoms with Crippen LogP contribution in [-0.4, -0.2) is 38.8 Å². The number of fused-ring (bicyclic) bond motifs is 1. The van der Waals surface area contributed by atoms with Crippen molar-refractivity contribution in [1.29, 1.82) is 0 Å². The fourth-order valence-electron chi connectivity index (χ4n) is 3.13. The molecule has 0 saturated heterocycles. The molecule has 1 amide bonds. The minimum absolute atomic E-state index is 0.186. The van der Waals surface area contributed by atoms with Crippen LogP contribution in [0.25, 0.3) is 5.65 Å². The number of aryl methyl sites for hydroxylation is 1. The molecule has 2 aromatic heterocycles. The van der Waals surface area contributed by atoms with E-state index in [1.807, 2.05) is 36.4 Å². The number of methoxy groups -OCH3 is 1. The highest BCUT2D eigenvalue weighted by molar-refractivity contribution is 6.30. The van der Waals surface area contributed by atoms with Gasteiger partial charge in [0.25, 0.3) is 0 Å². The average molecular weight is 465 g/mol. The Labute approximate surface area is 194 Å². The van der Waals surface area contributed by atoms with E-state index in [9.17, 15) is 9.59 Å². The quantitative estimate of drug-likeness (QED) is 0.382. The molecule has 0 unspecified atom stereocenters. The number of rotatable bonds is 8. The van der Waals surface area contributed by atoms with Crippen molar-refractivity contribution >= 4 is 40.6 Å². The molecule has 0 atom stereocenters. The van der Waals surface area contributed by atoms with Gasteiger partial charge in [-0.15, -0.1) is 15.3 Å². The lowest BCUT2D eigenvalue weighted by atomic mass is 10.2. The van der Waals surface area contributed by atoms with Gasteiger partial charge in [0, 0.05) is 30.1 Å². The van der Waals surface area contributed by atoms with Gasteiger partial charge >= 0.3 is 5.97 Å². The molecule has 10 heteroatoms. The average Bonchev–Trinajstić information content (AvgIpc) is 3.24. The van der Waals surface area contributed by atoms with Crippen LogP contribution < -0.4 is 10.6 Å². The van der Waals surface area contributed by atoms with Crippen LogP contribution in [0, 0.1) is 0 Å². The minimum Gasteiger partial charge on any atom is -0.465 e. The number of esters is 1. The van der Waals surface area contributed by atoms with E-state index in [0.717, 1.165) is 5.56 Å². The van der Waals surface area contributed by atoms with Gasteiger partial charge in [-0.3, -0.25) is 4.79 Å². The molecule has 0 aliphatic rings. The third kappa shape index (κ3) is 5.64. The Morgan fingerprint density at radius 3 is 2.48 bits per heavy atom. The van der Waals surface area contributed by atoms with Gasteiger partial charge in [-0.2, -0.15) is 4.52 Å². The zero-order valence-corrected chi connectivity index (χ0v) is 18.5. The van der Waals surface area contributed by atoms with E-state index < -0.39 is 5.97 Å². The van der Waals surface area contributed by atoms with Crippen molar-refractivity contribution in [2.24, 2.45) is 0 Å². The molecule has 0 spiro atoms. The third-order valence-electron chi connectivity index (χ3n) is 4.88. The second kappa shape index (κ2) is 10.1. The van der Waals surface area contributed by atoms with Gasteiger partial charge in [-0.05, 0) is 54.1 Å². The van der Waals surface area contributed by atoms with Crippen LogP contribution >= 0.6 is 11.6 Å². The van der Waals surface area contributed by atoms with Crippen LogP contribution in [0.1, 0.15) is 28.2 Å². The molecule has 33 heavy (non-hydrogen) atoms. The van der Waals surface area contributed by atoms with Gasteiger partial charge in [-0.25, -0.2) is 4.79 Å². The van der Waals surface area contributed by atoms with Crippen molar-refractivity contribution in [2.75, 3.05) is 17.7 Å². The van der Waals surface area contributed by atoms with Crippen LogP contribution in [0.3, 0.4) is 0 Å². The number of nitrogens with zero attached hydrogens (tertiary/aromatic N) is 4. The maximum atomic E-state index is 12.4. The maximum absolute atomic E-state index is 12.4. The SMILES string of the molecule is COC(=O)c1ccc(NC(=O)CCc2nnc3ccc(NCc4ccc(Cl)cc4)nn23)cc1. The number of nitrogens with one attached hydrogen (secondary N) is 2. The Hall–Kier alpha value is -3.98. The second-order valence-electron chi connectivity index (χ2n) is 7.20. The van der Waals surface area contributed by atoms with E-state index in [0.29, 0.717) is 46.5 Å². The first kappa shape index (κ1) is 22.2. The number of carbonyl (C=O) groups is 2. The van der Waals surface area contributed by atoms with Crippen LogP contribution in [0.5, 0.6) is 0 Å². The van der Waals surface area contributed by atoms with Crippen molar-refractivity contribution in [3.63, 3.8) is 0 Å². The summed E-state index contributed by atoms with van der Waals surface area (Å²) in [5.74, 6) is 0.626. The predicted molar refractivity (Wildman–Crippen MR) is 124 cm³/mol. The third-order valence-corrected chi connectivity index (χ3v) is 5.13. The number of halogens is 1. The van der Waals surface area contributed by atoms with E-state index in [1.54, 1.807) is 28.8 Å². The van der Waals surface area contributed by atoms with E-state index >= 15 is 0 Å². The number of hydrogen-bond acceptors (Lipinski definition) is 7. The lowest BCUT2D eigenvalue weighted by molar-refractivity contribution is -0.116. The summed E-state index contributed by atoms with van der Waals surface area (Å²) in [4.78, 5) is 23.9. The van der Waals surface area contributed by atoms with Gasteiger partial charge in [0.15, 0.2) is 11.5 Å². The minimum atomic E-state index is -0.430. The van der Waals surface area contributed by atoms with Crippen molar-refractivity contribution in [3.05, 3.63) is 82.6 Å². The van der Waals surface area contributed by atoms with Crippen molar-refractivity contribution in [2.45, 2.75) is 19.4 Å². The molecule has 2 N–H and O–H groups in total. The number of benzene rings is 2. The number of ether oxygens (including phenoxy) is 1. The molecule has 9 nitrogen and oxygen atoms in total. The molecule has 0 aliphatic heterocycles. The predicted octanol–water partition coefficient (Wildman–Crippen LogP) is 3.75. The molecule has 4 aromatic rings. The Morgan fingerprint density at radius 1 is 1.00 bits per heavy atom. The summed E-state index contributed by atoms with van der Waals surface area (Å²) in [7, 11) is 1.32. The summed E-state index contributed by atoms with van der Waals surface area (Å²) in [6, 6.07) is 17.7. The van der Waals surface area contributed by atoms with E-state index in [-0.39, 0.29) is 12.3 Å². The molecule has 0 saturated carbocycles. The van der Waals surface area contributed by atoms with Crippen molar-refractivity contribution in [1.82, 2.24) is 19.8 Å². The van der Waals surface area contributed by atoms with Gasteiger partial charge < -0.3 is 15.4 Å². The fourth-order valence-corrected chi connectivity index (χ4v) is 3.26. The van der Waals surface area contributed by atoms with Crippen molar-refractivity contribution in [3.8, 4) is 0 Å². The molecule has 4 rings (SSSR count). The molecule has 0 bridgehead atoms. The normalized spacial score (nSPS) is 10.7. The zero-order valence-electron chi connectivity index (χ0n) is 17.8. The van der Waals surface area contributed by atoms with Crippen LogP contribution in [0.2, 0.25) is 5.02 Å². The van der Waals surface area contributed by atoms with Crippen LogP contribution in [0.15, 0.2) is 60.7 Å². The molecule has 0 aliphatic carbocycles. The van der Waals surface area contributed by atoms with Gasteiger partial charge in [0.1, 0.15) is 5.82 Å². The number of amides is 1. The van der Waals surface area contributed by atoms with E-state index in [1.165, 1.54) is 7.11 Å². The summed E-state index contributed by atoms with van der Waals surface area (Å²) in [5, 5.41) is 19.6. The lowest BCUT2D eigenvalue weighted by Crippen LogP contribution is -2.14. The lowest BCUT2D eigenvalue weighted by Gasteiger charge is -2.07. The van der Waals surface area contributed by atoms with Crippen LogP contribution in [-0.2, 0) is 22.5 Å². The fraction of sp³-hybridized carbons (Fsp3) is 0.174. The van der Waals surface area contributed by atoms with Gasteiger partial charge in [0.2, 0.25) is 5.91 Å². The molecule has 168 valence electrons. The zero-order chi connectivity index (χ0) is 23.2. The highest BCUT2D eigenvalue weighted by Gasteiger charge is 2.11. The summed E-state index contributed by atoms with van der Waals surface area (Å²) in [5.41, 5.74) is 2.67. The summed E-state index contributed by atoms with van der Waals surface area (Å²) in [6.45, 7) is 0.588. The largest absolute Gasteiger partial charge is 0.465 e. The first-order valence-corrected chi connectivity index (χ1v) is 10.6. The van der Waals surface area contributed by atoms with E-state index in [2.05, 4.69) is 30.7 Å². The Balaban J connectivity index is 1.36.